The molecule has 1 rings (SSSR count). The van der Waals surface area contributed by atoms with E-state index in [0.717, 1.165) is 0 Å². The van der Waals surface area contributed by atoms with Crippen molar-refractivity contribution in [3.05, 3.63) is 12.2 Å². The van der Waals surface area contributed by atoms with E-state index in [1.165, 1.54) is 19.3 Å². The minimum atomic E-state index is -0.209. The highest BCUT2D eigenvalue weighted by Gasteiger charge is 2.13. The van der Waals surface area contributed by atoms with Crippen molar-refractivity contribution < 1.29 is 9.53 Å². The maximum absolute atomic E-state index is 10.8. The molecule has 0 unspecified atom stereocenters. The molecule has 1 fully saturated rings. The lowest BCUT2D eigenvalue weighted by Gasteiger charge is -2.20. The Morgan fingerprint density at radius 2 is 2.36 bits per heavy atom. The van der Waals surface area contributed by atoms with Gasteiger partial charge in [0.2, 0.25) is 0 Å². The van der Waals surface area contributed by atoms with E-state index < -0.39 is 0 Å². The first-order chi connectivity index (χ1) is 5.33. The third-order valence-electron chi connectivity index (χ3n) is 1.94. The largest absolute Gasteiger partial charge is 0.463 e. The average Bonchev–Trinajstić information content (AvgIpc) is 1.85. The fraction of sp³-hybridized carbons (Fsp3) is 0.667. The second kappa shape index (κ2) is 4.16. The first kappa shape index (κ1) is 8.31. The SMILES string of the molecule is CCOC(=O)/C=C\C1CCC1. The zero-order valence-electron chi connectivity index (χ0n) is 6.88. The van der Waals surface area contributed by atoms with Gasteiger partial charge in [-0.25, -0.2) is 4.79 Å². The minimum absolute atomic E-state index is 0.209. The number of hydrogen-bond donors (Lipinski definition) is 0. The van der Waals surface area contributed by atoms with Crippen molar-refractivity contribution in [2.24, 2.45) is 5.92 Å². The number of carbonyl (C=O) groups excluding carboxylic acids is 1. The maximum Gasteiger partial charge on any atom is 0.330 e. The van der Waals surface area contributed by atoms with E-state index in [1.807, 2.05) is 13.0 Å². The van der Waals surface area contributed by atoms with Crippen LogP contribution in [-0.2, 0) is 9.53 Å². The van der Waals surface area contributed by atoms with Crippen molar-refractivity contribution in [2.45, 2.75) is 26.2 Å². The molecule has 2 heteroatoms. The molecular formula is C9H14O2. The van der Waals surface area contributed by atoms with Gasteiger partial charge < -0.3 is 4.74 Å². The van der Waals surface area contributed by atoms with Crippen molar-refractivity contribution in [1.82, 2.24) is 0 Å². The van der Waals surface area contributed by atoms with Crippen LogP contribution in [0.4, 0.5) is 0 Å². The number of hydrogen-bond acceptors (Lipinski definition) is 2. The van der Waals surface area contributed by atoms with Crippen LogP contribution in [0.15, 0.2) is 12.2 Å². The van der Waals surface area contributed by atoms with Crippen LogP contribution in [0.5, 0.6) is 0 Å². The highest BCUT2D eigenvalue weighted by Crippen LogP contribution is 2.27. The van der Waals surface area contributed by atoms with Gasteiger partial charge in [0.1, 0.15) is 0 Å². The summed E-state index contributed by atoms with van der Waals surface area (Å²) >= 11 is 0. The van der Waals surface area contributed by atoms with Crippen LogP contribution >= 0.6 is 0 Å². The van der Waals surface area contributed by atoms with Gasteiger partial charge >= 0.3 is 5.97 Å². The second-order valence-corrected chi connectivity index (χ2v) is 2.80. The molecule has 0 amide bonds. The monoisotopic (exact) mass is 154 g/mol. The van der Waals surface area contributed by atoms with Crippen LogP contribution in [0.2, 0.25) is 0 Å². The van der Waals surface area contributed by atoms with Crippen LogP contribution < -0.4 is 0 Å². The molecule has 0 aromatic heterocycles. The van der Waals surface area contributed by atoms with Crippen molar-refractivity contribution in [3.63, 3.8) is 0 Å². The van der Waals surface area contributed by atoms with Gasteiger partial charge in [0.05, 0.1) is 6.61 Å². The zero-order valence-corrected chi connectivity index (χ0v) is 6.88. The molecule has 0 aromatic carbocycles. The Labute approximate surface area is 67.2 Å². The van der Waals surface area contributed by atoms with Gasteiger partial charge in [0.25, 0.3) is 0 Å². The highest BCUT2D eigenvalue weighted by atomic mass is 16.5. The van der Waals surface area contributed by atoms with Gasteiger partial charge in [-0.2, -0.15) is 0 Å². The normalized spacial score (nSPS) is 18.3. The molecule has 1 saturated carbocycles. The molecule has 0 aliphatic heterocycles. The molecule has 0 saturated heterocycles. The number of carbonyl (C=O) groups is 1. The number of allylic oxidation sites excluding steroid dienone is 1. The molecule has 0 N–H and O–H groups in total. The van der Waals surface area contributed by atoms with Crippen molar-refractivity contribution >= 4 is 5.97 Å². The summed E-state index contributed by atoms with van der Waals surface area (Å²) in [5.41, 5.74) is 0. The Hall–Kier alpha value is -0.790. The van der Waals surface area contributed by atoms with E-state index in [9.17, 15) is 4.79 Å². The average molecular weight is 154 g/mol. The third-order valence-corrected chi connectivity index (χ3v) is 1.94. The third kappa shape index (κ3) is 2.74. The molecule has 62 valence electrons. The number of ether oxygens (including phenoxy) is 1. The Balaban J connectivity index is 2.16. The minimum Gasteiger partial charge on any atom is -0.463 e. The van der Waals surface area contributed by atoms with Gasteiger partial charge in [-0.1, -0.05) is 12.5 Å². The Morgan fingerprint density at radius 1 is 1.64 bits per heavy atom. The summed E-state index contributed by atoms with van der Waals surface area (Å²) in [6.07, 6.45) is 7.28. The Morgan fingerprint density at radius 3 is 2.82 bits per heavy atom. The molecule has 2 nitrogen and oxygen atoms in total. The lowest BCUT2D eigenvalue weighted by Crippen LogP contribution is -2.08. The van der Waals surface area contributed by atoms with E-state index in [0.29, 0.717) is 12.5 Å². The van der Waals surface area contributed by atoms with Crippen molar-refractivity contribution in [2.75, 3.05) is 6.61 Å². The highest BCUT2D eigenvalue weighted by molar-refractivity contribution is 5.81. The topological polar surface area (TPSA) is 26.3 Å². The molecule has 1 aliphatic rings. The molecule has 0 atom stereocenters. The van der Waals surface area contributed by atoms with E-state index in [-0.39, 0.29) is 5.97 Å². The summed E-state index contributed by atoms with van der Waals surface area (Å²) in [6.45, 7) is 2.28. The van der Waals surface area contributed by atoms with Gasteiger partial charge in [-0.3, -0.25) is 0 Å². The first-order valence-electron chi connectivity index (χ1n) is 4.18. The fourth-order valence-electron chi connectivity index (χ4n) is 1.04. The van der Waals surface area contributed by atoms with Gasteiger partial charge in [0, 0.05) is 6.08 Å². The zero-order chi connectivity index (χ0) is 8.10. The second-order valence-electron chi connectivity index (χ2n) is 2.80. The molecule has 0 radical (unpaired) electrons. The van der Waals surface area contributed by atoms with Gasteiger partial charge in [-0.15, -0.1) is 0 Å². The van der Waals surface area contributed by atoms with E-state index >= 15 is 0 Å². The summed E-state index contributed by atoms with van der Waals surface area (Å²) in [6, 6.07) is 0. The molecule has 0 bridgehead atoms. The van der Waals surface area contributed by atoms with Crippen LogP contribution in [-0.4, -0.2) is 12.6 Å². The lowest BCUT2D eigenvalue weighted by atomic mass is 9.85. The van der Waals surface area contributed by atoms with Crippen molar-refractivity contribution in [3.8, 4) is 0 Å². The number of esters is 1. The van der Waals surface area contributed by atoms with E-state index in [1.54, 1.807) is 6.08 Å². The summed E-state index contributed by atoms with van der Waals surface area (Å²) in [5.74, 6) is 0.429. The van der Waals surface area contributed by atoms with Crippen LogP contribution in [0.25, 0.3) is 0 Å². The molecule has 0 aromatic rings. The molecule has 0 spiro atoms. The standard InChI is InChI=1S/C9H14O2/c1-2-11-9(10)7-6-8-4-3-5-8/h6-8H,2-5H2,1H3/b7-6-. The molecule has 0 heterocycles. The van der Waals surface area contributed by atoms with Crippen LogP contribution in [0.3, 0.4) is 0 Å². The molecule has 11 heavy (non-hydrogen) atoms. The molecular weight excluding hydrogens is 140 g/mol. The maximum atomic E-state index is 10.8. The Kier molecular flexibility index (Phi) is 3.14. The summed E-state index contributed by atoms with van der Waals surface area (Å²) in [7, 11) is 0. The summed E-state index contributed by atoms with van der Waals surface area (Å²) in [5, 5.41) is 0. The first-order valence-corrected chi connectivity index (χ1v) is 4.18. The smallest absolute Gasteiger partial charge is 0.330 e. The summed E-state index contributed by atoms with van der Waals surface area (Å²) in [4.78, 5) is 10.8. The van der Waals surface area contributed by atoms with Gasteiger partial charge in [-0.05, 0) is 25.7 Å². The summed E-state index contributed by atoms with van der Waals surface area (Å²) < 4.78 is 4.74. The Bertz CT molecular complexity index is 157. The fourth-order valence-corrected chi connectivity index (χ4v) is 1.04. The lowest BCUT2D eigenvalue weighted by molar-refractivity contribution is -0.137. The predicted octanol–water partition coefficient (Wildman–Crippen LogP) is 1.91. The van der Waals surface area contributed by atoms with Crippen LogP contribution in [0, 0.1) is 5.92 Å². The predicted molar refractivity (Wildman–Crippen MR) is 43.1 cm³/mol. The quantitative estimate of drug-likeness (QED) is 0.458. The van der Waals surface area contributed by atoms with E-state index in [2.05, 4.69) is 0 Å². The van der Waals surface area contributed by atoms with Crippen LogP contribution in [0.1, 0.15) is 26.2 Å². The molecule has 1 aliphatic carbocycles. The van der Waals surface area contributed by atoms with E-state index in [4.69, 9.17) is 4.74 Å². The van der Waals surface area contributed by atoms with Gasteiger partial charge in [0.15, 0.2) is 0 Å². The van der Waals surface area contributed by atoms with Crippen molar-refractivity contribution in [1.29, 1.82) is 0 Å². The number of rotatable bonds is 3.